The number of sulfonamides is 1. The van der Waals surface area contributed by atoms with E-state index in [2.05, 4.69) is 14.9 Å². The highest BCUT2D eigenvalue weighted by molar-refractivity contribution is 7.89. The maximum atomic E-state index is 14.9. The number of Topliss-reactive ketones (excluding diaryl/α,β-unsaturated/α-hetero) is 1. The Kier molecular flexibility index (Phi) is 7.29. The van der Waals surface area contributed by atoms with E-state index in [0.29, 0.717) is 5.56 Å². The van der Waals surface area contributed by atoms with Gasteiger partial charge in [0.25, 0.3) is 0 Å². The van der Waals surface area contributed by atoms with Gasteiger partial charge in [-0.05, 0) is 55.7 Å². The van der Waals surface area contributed by atoms with E-state index in [1.54, 1.807) is 26.8 Å². The number of ketones is 1. The van der Waals surface area contributed by atoms with Crippen molar-refractivity contribution in [2.75, 3.05) is 7.11 Å². The Bertz CT molecular complexity index is 1420. The van der Waals surface area contributed by atoms with Crippen LogP contribution in [0.15, 0.2) is 38.4 Å². The number of hydrogen-bond donors (Lipinski definition) is 2. The van der Waals surface area contributed by atoms with Crippen LogP contribution in [0.2, 0.25) is 5.02 Å². The molecule has 2 aromatic carbocycles. The van der Waals surface area contributed by atoms with Crippen LogP contribution < -0.4 is 15.2 Å². The van der Waals surface area contributed by atoms with E-state index in [0.717, 1.165) is 5.56 Å². The van der Waals surface area contributed by atoms with Crippen molar-refractivity contribution in [2.24, 2.45) is 0 Å². The Morgan fingerprint density at radius 1 is 1.26 bits per heavy atom. The first-order chi connectivity index (χ1) is 15.9. The number of hydrogen-bond acceptors (Lipinski definition) is 7. The van der Waals surface area contributed by atoms with Gasteiger partial charge in [0.1, 0.15) is 16.8 Å². The molecule has 0 radical (unpaired) electrons. The van der Waals surface area contributed by atoms with E-state index in [4.69, 9.17) is 20.8 Å². The highest BCUT2D eigenvalue weighted by Crippen LogP contribution is 2.38. The molecule has 12 heteroatoms. The minimum atomic E-state index is -4.43. The first-order valence-corrected chi connectivity index (χ1v) is 12.0. The van der Waals surface area contributed by atoms with Crippen molar-refractivity contribution in [3.05, 3.63) is 73.8 Å². The van der Waals surface area contributed by atoms with Crippen LogP contribution in [0.5, 0.6) is 5.75 Å². The molecule has 0 spiro atoms. The third-order valence-electron chi connectivity index (χ3n) is 5.61. The molecule has 0 aliphatic heterocycles. The zero-order valence-electron chi connectivity index (χ0n) is 19.0. The van der Waals surface area contributed by atoms with Crippen molar-refractivity contribution in [2.45, 2.75) is 44.6 Å². The van der Waals surface area contributed by atoms with Crippen LogP contribution in [0.3, 0.4) is 0 Å². The maximum Gasteiger partial charge on any atom is 0.434 e. The summed E-state index contributed by atoms with van der Waals surface area (Å²) in [7, 11) is -3.22. The quantitative estimate of drug-likeness (QED) is 0.439. The van der Waals surface area contributed by atoms with Gasteiger partial charge in [0.15, 0.2) is 11.5 Å². The SMILES string of the molecule is COc1c(S(=O)(=O)N[C@H](c2n[nH]c(=O)o2)[C@H](C)c2c(F)ccc(C)c2C)ccc(Cl)c1C(C)=O. The molecule has 182 valence electrons. The van der Waals surface area contributed by atoms with Crippen LogP contribution in [0.4, 0.5) is 4.39 Å². The van der Waals surface area contributed by atoms with Crippen molar-refractivity contribution in [3.63, 3.8) is 0 Å². The lowest BCUT2D eigenvalue weighted by Gasteiger charge is -2.25. The lowest BCUT2D eigenvalue weighted by molar-refractivity contribution is 0.101. The molecule has 3 aromatic rings. The summed E-state index contributed by atoms with van der Waals surface area (Å²) in [6.07, 6.45) is 0. The second-order valence-corrected chi connectivity index (χ2v) is 9.84. The summed E-state index contributed by atoms with van der Waals surface area (Å²) in [5, 5.41) is 5.87. The minimum Gasteiger partial charge on any atom is -0.495 e. The fraction of sp³-hybridized carbons (Fsp3) is 0.318. The fourth-order valence-electron chi connectivity index (χ4n) is 3.78. The molecule has 0 aliphatic rings. The minimum absolute atomic E-state index is 0.0176. The average molecular weight is 512 g/mol. The van der Waals surface area contributed by atoms with Gasteiger partial charge in [-0.1, -0.05) is 24.6 Å². The molecule has 34 heavy (non-hydrogen) atoms. The van der Waals surface area contributed by atoms with Gasteiger partial charge >= 0.3 is 5.76 Å². The number of rotatable bonds is 8. The Hall–Kier alpha value is -3.02. The predicted molar refractivity (Wildman–Crippen MR) is 122 cm³/mol. The highest BCUT2D eigenvalue weighted by atomic mass is 35.5. The number of carbonyl (C=O) groups excluding carboxylic acids is 1. The predicted octanol–water partition coefficient (Wildman–Crippen LogP) is 3.81. The smallest absolute Gasteiger partial charge is 0.434 e. The molecular formula is C22H23ClFN3O6S. The standard InChI is InChI=1S/C22H23ClFN3O6S/c1-10-6-8-15(24)17(11(10)2)12(3)19(21-25-26-22(29)33-21)27-34(30,31)16-9-7-14(23)18(13(4)28)20(16)32-5/h6-9,12,19,27H,1-5H3,(H,26,29)/t12-,19+/m1/s1. The summed E-state index contributed by atoms with van der Waals surface area (Å²) in [5.74, 6) is -3.36. The van der Waals surface area contributed by atoms with E-state index in [1.807, 2.05) is 0 Å². The van der Waals surface area contributed by atoms with Gasteiger partial charge in [-0.3, -0.25) is 4.79 Å². The molecule has 3 rings (SSSR count). The number of aryl methyl sites for hydroxylation is 1. The second kappa shape index (κ2) is 9.69. The average Bonchev–Trinajstić information content (AvgIpc) is 3.20. The van der Waals surface area contributed by atoms with Gasteiger partial charge in [0, 0.05) is 5.92 Å². The molecular weight excluding hydrogens is 489 g/mol. The monoisotopic (exact) mass is 511 g/mol. The Labute approximate surface area is 200 Å². The van der Waals surface area contributed by atoms with Gasteiger partial charge in [0.2, 0.25) is 15.9 Å². The van der Waals surface area contributed by atoms with Crippen LogP contribution in [0.25, 0.3) is 0 Å². The number of ether oxygens (including phenoxy) is 1. The summed E-state index contributed by atoms with van der Waals surface area (Å²) in [6.45, 7) is 6.30. The molecule has 0 saturated carbocycles. The molecule has 0 bridgehead atoms. The summed E-state index contributed by atoms with van der Waals surface area (Å²) in [5.41, 5.74) is 1.52. The number of H-pyrrole nitrogens is 1. The summed E-state index contributed by atoms with van der Waals surface area (Å²) >= 11 is 6.09. The number of aromatic nitrogens is 2. The fourth-order valence-corrected chi connectivity index (χ4v) is 5.51. The molecule has 0 fully saturated rings. The number of methoxy groups -OCH3 is 1. The highest BCUT2D eigenvalue weighted by Gasteiger charge is 2.35. The molecule has 9 nitrogen and oxygen atoms in total. The van der Waals surface area contributed by atoms with Gasteiger partial charge in [-0.15, -0.1) is 5.10 Å². The molecule has 2 atom stereocenters. The first kappa shape index (κ1) is 25.6. The number of aromatic amines is 1. The molecule has 1 aromatic heterocycles. The largest absolute Gasteiger partial charge is 0.495 e. The zero-order valence-corrected chi connectivity index (χ0v) is 20.6. The van der Waals surface area contributed by atoms with Gasteiger partial charge in [-0.2, -0.15) is 4.72 Å². The summed E-state index contributed by atoms with van der Waals surface area (Å²) in [4.78, 5) is 23.3. The topological polar surface area (TPSA) is 131 Å². The van der Waals surface area contributed by atoms with Crippen LogP contribution in [0.1, 0.15) is 58.7 Å². The molecule has 0 saturated heterocycles. The van der Waals surface area contributed by atoms with E-state index in [1.165, 1.54) is 32.2 Å². The molecule has 2 N–H and O–H groups in total. The lowest BCUT2D eigenvalue weighted by atomic mass is 9.88. The molecule has 1 heterocycles. The van der Waals surface area contributed by atoms with Crippen molar-refractivity contribution in [1.82, 2.24) is 14.9 Å². The van der Waals surface area contributed by atoms with E-state index >= 15 is 0 Å². The lowest BCUT2D eigenvalue weighted by Crippen LogP contribution is -2.33. The maximum absolute atomic E-state index is 14.9. The van der Waals surface area contributed by atoms with Crippen LogP contribution >= 0.6 is 11.6 Å². The summed E-state index contributed by atoms with van der Waals surface area (Å²) < 4.78 is 54.5. The van der Waals surface area contributed by atoms with Crippen LogP contribution in [0, 0.1) is 19.7 Å². The zero-order chi connectivity index (χ0) is 25.4. The van der Waals surface area contributed by atoms with Gasteiger partial charge in [-0.25, -0.2) is 22.7 Å². The third-order valence-corrected chi connectivity index (χ3v) is 7.39. The number of nitrogens with one attached hydrogen (secondary N) is 2. The first-order valence-electron chi connectivity index (χ1n) is 10.1. The molecule has 0 unspecified atom stereocenters. The van der Waals surface area contributed by atoms with Gasteiger partial charge < -0.3 is 9.15 Å². The van der Waals surface area contributed by atoms with E-state index in [-0.39, 0.29) is 32.7 Å². The van der Waals surface area contributed by atoms with Crippen molar-refractivity contribution in [1.29, 1.82) is 0 Å². The number of halogens is 2. The van der Waals surface area contributed by atoms with Gasteiger partial charge in [0.05, 0.1) is 17.7 Å². The number of nitrogens with zero attached hydrogens (tertiary/aromatic N) is 1. The van der Waals surface area contributed by atoms with Crippen LogP contribution in [-0.2, 0) is 10.0 Å². The van der Waals surface area contributed by atoms with E-state index in [9.17, 15) is 22.4 Å². The molecule has 0 amide bonds. The number of carbonyl (C=O) groups is 1. The number of benzene rings is 2. The Morgan fingerprint density at radius 2 is 1.94 bits per heavy atom. The van der Waals surface area contributed by atoms with Crippen molar-refractivity contribution < 1.29 is 26.8 Å². The Morgan fingerprint density at radius 3 is 2.50 bits per heavy atom. The van der Waals surface area contributed by atoms with E-state index < -0.39 is 39.3 Å². The Balaban J connectivity index is 2.17. The second-order valence-electron chi connectivity index (χ2n) is 7.75. The van der Waals surface area contributed by atoms with Crippen molar-refractivity contribution in [3.8, 4) is 5.75 Å². The van der Waals surface area contributed by atoms with Crippen molar-refractivity contribution >= 4 is 27.4 Å². The third kappa shape index (κ3) is 4.77. The summed E-state index contributed by atoms with van der Waals surface area (Å²) in [6, 6.07) is 4.03. The normalized spacial score (nSPS) is 13.5. The molecule has 0 aliphatic carbocycles. The van der Waals surface area contributed by atoms with Crippen LogP contribution in [-0.4, -0.2) is 31.5 Å².